The number of carbonyl (C=O) groups excluding carboxylic acids is 1. The number of alkyl halides is 7. The molecule has 1 rings (SSSR count). The Kier molecular flexibility index (Phi) is 4.64. The van der Waals surface area contributed by atoms with Gasteiger partial charge in [-0.3, -0.25) is 4.79 Å². The molecule has 1 aromatic heterocycles. The van der Waals surface area contributed by atoms with Crippen molar-refractivity contribution in [3.63, 3.8) is 0 Å². The standard InChI is InChI=1S/C9H3Cl2F7N2O/c10-3-1-4(11)19-5(2-3)20-6(21)7(12,13)8(14,15)9(16,17)18/h1-2H,(H,19,20,21). The van der Waals surface area contributed by atoms with Gasteiger partial charge in [-0.15, -0.1) is 0 Å². The normalized spacial score (nSPS) is 13.2. The van der Waals surface area contributed by atoms with E-state index in [0.29, 0.717) is 0 Å². The van der Waals surface area contributed by atoms with E-state index in [1.807, 2.05) is 0 Å². The van der Waals surface area contributed by atoms with Gasteiger partial charge in [0.15, 0.2) is 0 Å². The van der Waals surface area contributed by atoms with E-state index in [-0.39, 0.29) is 5.02 Å². The molecule has 0 bridgehead atoms. The third kappa shape index (κ3) is 3.49. The number of pyridine rings is 1. The van der Waals surface area contributed by atoms with Crippen molar-refractivity contribution in [2.45, 2.75) is 18.0 Å². The van der Waals surface area contributed by atoms with Gasteiger partial charge in [-0.05, 0) is 12.1 Å². The topological polar surface area (TPSA) is 42.0 Å². The number of hydrogen-bond acceptors (Lipinski definition) is 2. The van der Waals surface area contributed by atoms with E-state index in [0.717, 1.165) is 17.4 Å². The van der Waals surface area contributed by atoms with Crippen molar-refractivity contribution in [2.24, 2.45) is 0 Å². The second-order valence-corrected chi connectivity index (χ2v) is 4.42. The summed E-state index contributed by atoms with van der Waals surface area (Å²) in [7, 11) is 0. The maximum Gasteiger partial charge on any atom is 0.460 e. The van der Waals surface area contributed by atoms with Crippen LogP contribution in [0.15, 0.2) is 12.1 Å². The van der Waals surface area contributed by atoms with E-state index in [1.165, 1.54) is 0 Å². The van der Waals surface area contributed by atoms with E-state index in [2.05, 4.69) is 4.98 Å². The van der Waals surface area contributed by atoms with Crippen LogP contribution in [-0.2, 0) is 4.79 Å². The lowest BCUT2D eigenvalue weighted by Gasteiger charge is -2.26. The quantitative estimate of drug-likeness (QED) is 0.651. The lowest BCUT2D eigenvalue weighted by Crippen LogP contribution is -2.57. The Morgan fingerprint density at radius 3 is 2.00 bits per heavy atom. The number of anilines is 1. The third-order valence-corrected chi connectivity index (χ3v) is 2.45. The number of nitrogens with one attached hydrogen (secondary N) is 1. The number of aromatic nitrogens is 1. The smallest absolute Gasteiger partial charge is 0.305 e. The zero-order valence-electron chi connectivity index (χ0n) is 9.41. The van der Waals surface area contributed by atoms with E-state index in [9.17, 15) is 35.5 Å². The molecule has 1 aromatic rings. The van der Waals surface area contributed by atoms with E-state index in [1.54, 1.807) is 0 Å². The fourth-order valence-electron chi connectivity index (χ4n) is 1.05. The first-order valence-corrected chi connectivity index (χ1v) is 5.51. The molecule has 0 saturated heterocycles. The van der Waals surface area contributed by atoms with Gasteiger partial charge in [-0.25, -0.2) is 4.98 Å². The van der Waals surface area contributed by atoms with Crippen molar-refractivity contribution in [3.8, 4) is 0 Å². The zero-order chi connectivity index (χ0) is 16.6. The van der Waals surface area contributed by atoms with Crippen LogP contribution in [0.5, 0.6) is 0 Å². The van der Waals surface area contributed by atoms with Gasteiger partial charge in [0.05, 0.1) is 0 Å². The predicted molar refractivity (Wildman–Crippen MR) is 58.8 cm³/mol. The van der Waals surface area contributed by atoms with Crippen LogP contribution >= 0.6 is 23.2 Å². The highest BCUT2D eigenvalue weighted by atomic mass is 35.5. The second kappa shape index (κ2) is 5.48. The van der Waals surface area contributed by atoms with Gasteiger partial charge in [-0.2, -0.15) is 30.7 Å². The average molecular weight is 359 g/mol. The summed E-state index contributed by atoms with van der Waals surface area (Å²) >= 11 is 10.8. The fourth-order valence-corrected chi connectivity index (χ4v) is 1.52. The molecule has 1 N–H and O–H groups in total. The zero-order valence-corrected chi connectivity index (χ0v) is 10.9. The summed E-state index contributed by atoms with van der Waals surface area (Å²) in [6.45, 7) is 0. The third-order valence-electron chi connectivity index (χ3n) is 2.04. The second-order valence-electron chi connectivity index (χ2n) is 3.59. The van der Waals surface area contributed by atoms with Crippen LogP contribution < -0.4 is 5.32 Å². The Morgan fingerprint density at radius 2 is 1.57 bits per heavy atom. The number of hydrogen-bond donors (Lipinski definition) is 1. The SMILES string of the molecule is O=C(Nc1cc(Cl)cc(Cl)n1)C(F)(F)C(F)(F)C(F)(F)F. The van der Waals surface area contributed by atoms with Gasteiger partial charge in [-0.1, -0.05) is 23.2 Å². The predicted octanol–water partition coefficient (Wildman–Crippen LogP) is 4.16. The largest absolute Gasteiger partial charge is 0.460 e. The van der Waals surface area contributed by atoms with E-state index in [4.69, 9.17) is 23.2 Å². The summed E-state index contributed by atoms with van der Waals surface area (Å²) in [6.07, 6.45) is -6.62. The van der Waals surface area contributed by atoms with Gasteiger partial charge < -0.3 is 5.32 Å². The van der Waals surface area contributed by atoms with Gasteiger partial charge in [0.1, 0.15) is 11.0 Å². The van der Waals surface area contributed by atoms with Crippen molar-refractivity contribution in [1.29, 1.82) is 0 Å². The summed E-state index contributed by atoms with van der Waals surface area (Å²) in [5.41, 5.74) is 0. The molecule has 3 nitrogen and oxygen atoms in total. The van der Waals surface area contributed by atoms with Crippen LogP contribution in [0, 0.1) is 0 Å². The molecule has 0 fully saturated rings. The Hall–Kier alpha value is -1.29. The Morgan fingerprint density at radius 1 is 1.05 bits per heavy atom. The minimum absolute atomic E-state index is 0.212. The van der Waals surface area contributed by atoms with Crippen molar-refractivity contribution < 1.29 is 35.5 Å². The fraction of sp³-hybridized carbons (Fsp3) is 0.333. The first kappa shape index (κ1) is 17.8. The lowest BCUT2D eigenvalue weighted by molar-refractivity contribution is -0.343. The van der Waals surface area contributed by atoms with Crippen LogP contribution in [0.25, 0.3) is 0 Å². The number of carbonyl (C=O) groups is 1. The van der Waals surface area contributed by atoms with Gasteiger partial charge in [0.2, 0.25) is 0 Å². The molecule has 0 atom stereocenters. The number of halogens is 9. The summed E-state index contributed by atoms with van der Waals surface area (Å²) in [5.74, 6) is -16.3. The molecule has 0 aromatic carbocycles. The molecule has 0 saturated carbocycles. The first-order chi connectivity index (χ1) is 9.29. The Bertz CT molecular complexity index is 541. The highest BCUT2D eigenvalue weighted by Crippen LogP contribution is 2.46. The summed E-state index contributed by atoms with van der Waals surface area (Å²) in [5, 5.41) is 0.482. The van der Waals surface area contributed by atoms with Gasteiger partial charge in [0, 0.05) is 5.02 Å². The molecule has 1 heterocycles. The molecule has 1 amide bonds. The summed E-state index contributed by atoms with van der Waals surface area (Å²) in [4.78, 5) is 14.2. The number of amides is 1. The molecule has 0 radical (unpaired) electrons. The number of rotatable bonds is 3. The molecule has 12 heteroatoms. The molecule has 0 aliphatic heterocycles. The molecular weight excluding hydrogens is 356 g/mol. The molecule has 0 unspecified atom stereocenters. The molecule has 0 aliphatic rings. The maximum atomic E-state index is 13.0. The summed E-state index contributed by atoms with van der Waals surface area (Å²) in [6, 6.07) is 1.74. The average Bonchev–Trinajstić information content (AvgIpc) is 2.25. The highest BCUT2D eigenvalue weighted by Gasteiger charge is 2.76. The van der Waals surface area contributed by atoms with Crippen LogP contribution in [0.2, 0.25) is 10.2 Å². The van der Waals surface area contributed by atoms with E-state index >= 15 is 0 Å². The van der Waals surface area contributed by atoms with Crippen LogP contribution in [0.3, 0.4) is 0 Å². The van der Waals surface area contributed by atoms with Gasteiger partial charge in [0.25, 0.3) is 0 Å². The van der Waals surface area contributed by atoms with Crippen molar-refractivity contribution >= 4 is 34.9 Å². The van der Waals surface area contributed by atoms with E-state index < -0.39 is 34.9 Å². The Labute approximate surface area is 122 Å². The lowest BCUT2D eigenvalue weighted by atomic mass is 10.1. The molecular formula is C9H3Cl2F7N2O. The minimum Gasteiger partial charge on any atom is -0.305 e. The van der Waals surface area contributed by atoms with Crippen LogP contribution in [0.4, 0.5) is 36.6 Å². The highest BCUT2D eigenvalue weighted by molar-refractivity contribution is 6.34. The van der Waals surface area contributed by atoms with Crippen molar-refractivity contribution in [1.82, 2.24) is 4.98 Å². The summed E-state index contributed by atoms with van der Waals surface area (Å²) < 4.78 is 86.9. The molecule has 0 aliphatic carbocycles. The van der Waals surface area contributed by atoms with Gasteiger partial charge >= 0.3 is 23.9 Å². The number of nitrogens with zero attached hydrogens (tertiary/aromatic N) is 1. The molecule has 21 heavy (non-hydrogen) atoms. The maximum absolute atomic E-state index is 13.0. The van der Waals surface area contributed by atoms with Crippen LogP contribution in [-0.4, -0.2) is 28.9 Å². The molecule has 0 spiro atoms. The van der Waals surface area contributed by atoms with Crippen molar-refractivity contribution in [3.05, 3.63) is 22.3 Å². The first-order valence-electron chi connectivity index (χ1n) is 4.76. The van der Waals surface area contributed by atoms with Crippen molar-refractivity contribution in [2.75, 3.05) is 5.32 Å². The Balaban J connectivity index is 3.07. The van der Waals surface area contributed by atoms with Crippen LogP contribution in [0.1, 0.15) is 0 Å². The minimum atomic E-state index is -6.62. The monoisotopic (exact) mass is 358 g/mol. The molecule has 118 valence electrons.